The molecule has 0 aliphatic carbocycles. The van der Waals surface area contributed by atoms with Gasteiger partial charge in [-0.15, -0.1) is 37.2 Å². The Kier molecular flexibility index (Phi) is 22.7. The molecule has 0 bridgehead atoms. The van der Waals surface area contributed by atoms with Gasteiger partial charge < -0.3 is 19.3 Å². The first-order valence-corrected chi connectivity index (χ1v) is 13.3. The summed E-state index contributed by atoms with van der Waals surface area (Å²) in [6, 6.07) is 10.2. The monoisotopic (exact) mass is 553 g/mol. The highest BCUT2D eigenvalue weighted by Gasteiger charge is 2.16. The maximum Gasteiger partial charge on any atom is 0.119 e. The van der Waals surface area contributed by atoms with Crippen LogP contribution in [0.1, 0.15) is 57.8 Å². The molecule has 1 aromatic rings. The van der Waals surface area contributed by atoms with Crippen molar-refractivity contribution in [2.75, 3.05) is 78.7 Å². The van der Waals surface area contributed by atoms with Gasteiger partial charge in [0.2, 0.25) is 0 Å². The third kappa shape index (κ3) is 16.2. The van der Waals surface area contributed by atoms with E-state index in [9.17, 15) is 0 Å². The predicted molar refractivity (Wildman–Crippen MR) is 155 cm³/mol. The van der Waals surface area contributed by atoms with E-state index in [1.165, 1.54) is 104 Å². The second kappa shape index (κ2) is 22.9. The summed E-state index contributed by atoms with van der Waals surface area (Å²) in [5.41, 5.74) is 0. The molecule has 3 rings (SSSR count). The van der Waals surface area contributed by atoms with Gasteiger partial charge in [0.1, 0.15) is 5.75 Å². The van der Waals surface area contributed by atoms with Crippen LogP contribution in [0.25, 0.3) is 0 Å². The van der Waals surface area contributed by atoms with Gasteiger partial charge in [-0.05, 0) is 57.5 Å². The quantitative estimate of drug-likeness (QED) is 0.241. The van der Waals surface area contributed by atoms with E-state index < -0.39 is 0 Å². The minimum absolute atomic E-state index is 0. The highest BCUT2D eigenvalue weighted by atomic mass is 35.5. The van der Waals surface area contributed by atoms with Crippen LogP contribution in [-0.2, 0) is 4.74 Å². The molecule has 8 heteroatoms. The Morgan fingerprint density at radius 1 is 0.543 bits per heavy atom. The molecule has 2 heterocycles. The van der Waals surface area contributed by atoms with Crippen LogP contribution < -0.4 is 4.74 Å². The van der Waals surface area contributed by atoms with Crippen molar-refractivity contribution in [3.63, 3.8) is 0 Å². The number of hydrogen-bond donors (Lipinski definition) is 0. The Hall–Kier alpha value is -0.270. The van der Waals surface area contributed by atoms with Gasteiger partial charge in [-0.1, -0.05) is 50.3 Å². The number of ether oxygens (including phenoxy) is 2. The molecule has 0 amide bonds. The van der Waals surface area contributed by atoms with Crippen LogP contribution >= 0.6 is 37.2 Å². The first kappa shape index (κ1) is 34.7. The second-order valence-electron chi connectivity index (χ2n) is 9.48. The molecule has 0 saturated carbocycles. The van der Waals surface area contributed by atoms with Crippen molar-refractivity contribution in [3.05, 3.63) is 30.3 Å². The molecule has 0 unspecified atom stereocenters. The summed E-state index contributed by atoms with van der Waals surface area (Å²) >= 11 is 0. The van der Waals surface area contributed by atoms with Crippen molar-refractivity contribution in [1.82, 2.24) is 14.7 Å². The van der Waals surface area contributed by atoms with Gasteiger partial charge in [0.15, 0.2) is 0 Å². The molecule has 0 N–H and O–H groups in total. The fourth-order valence-electron chi connectivity index (χ4n) is 4.76. The maximum atomic E-state index is 5.76. The number of halogens is 3. The molecule has 35 heavy (non-hydrogen) atoms. The lowest BCUT2D eigenvalue weighted by Crippen LogP contribution is -2.46. The van der Waals surface area contributed by atoms with Gasteiger partial charge in [0.25, 0.3) is 0 Å². The molecule has 2 aliphatic heterocycles. The summed E-state index contributed by atoms with van der Waals surface area (Å²) in [4.78, 5) is 7.92. The highest BCUT2D eigenvalue weighted by Crippen LogP contribution is 2.12. The Bertz CT molecular complexity index is 572. The topological polar surface area (TPSA) is 28.2 Å². The average Bonchev–Trinajstić information content (AvgIpc) is 2.85. The summed E-state index contributed by atoms with van der Waals surface area (Å²) in [5, 5.41) is 0. The Morgan fingerprint density at radius 2 is 0.971 bits per heavy atom. The van der Waals surface area contributed by atoms with Crippen molar-refractivity contribution in [2.24, 2.45) is 0 Å². The smallest absolute Gasteiger partial charge is 0.119 e. The molecule has 5 nitrogen and oxygen atoms in total. The van der Waals surface area contributed by atoms with E-state index >= 15 is 0 Å². The third-order valence-electron chi connectivity index (χ3n) is 6.90. The number of rotatable bonds is 16. The predicted octanol–water partition coefficient (Wildman–Crippen LogP) is 5.79. The first-order valence-electron chi connectivity index (χ1n) is 13.3. The Balaban J connectivity index is 0.00000385. The fraction of sp³-hybridized carbons (Fsp3) is 0.778. The minimum Gasteiger partial charge on any atom is -0.494 e. The average molecular weight is 555 g/mol. The largest absolute Gasteiger partial charge is 0.494 e. The van der Waals surface area contributed by atoms with Gasteiger partial charge in [-0.2, -0.15) is 0 Å². The van der Waals surface area contributed by atoms with Gasteiger partial charge in [-0.3, -0.25) is 4.90 Å². The first-order chi connectivity index (χ1) is 15.9. The van der Waals surface area contributed by atoms with Crippen LogP contribution in [0.4, 0.5) is 0 Å². The lowest BCUT2D eigenvalue weighted by atomic mass is 10.1. The van der Waals surface area contributed by atoms with E-state index in [2.05, 4.69) is 14.7 Å². The zero-order chi connectivity index (χ0) is 22.1. The standard InChI is InChI=1S/C27H47N3O2.3ClH/c1(3-5-12-24-32-27-13-7-6-8-14-27)2-4-9-15-28-18-20-29(21-19-28)16-10-11-17-30-22-25-31-26-23-30;;;/h6-8,13-14H,1-5,9-12,15-26H2;3*1H. The van der Waals surface area contributed by atoms with Crippen molar-refractivity contribution >= 4 is 37.2 Å². The molecule has 206 valence electrons. The van der Waals surface area contributed by atoms with E-state index in [4.69, 9.17) is 9.47 Å². The van der Waals surface area contributed by atoms with E-state index in [-0.39, 0.29) is 37.2 Å². The zero-order valence-corrected chi connectivity index (χ0v) is 24.1. The molecule has 2 saturated heterocycles. The van der Waals surface area contributed by atoms with Crippen molar-refractivity contribution < 1.29 is 9.47 Å². The van der Waals surface area contributed by atoms with Crippen LogP contribution in [0.5, 0.6) is 5.75 Å². The number of morpholine rings is 1. The van der Waals surface area contributed by atoms with Crippen molar-refractivity contribution in [3.8, 4) is 5.75 Å². The van der Waals surface area contributed by atoms with Gasteiger partial charge in [0.05, 0.1) is 19.8 Å². The number of hydrogen-bond acceptors (Lipinski definition) is 5. The third-order valence-corrected chi connectivity index (χ3v) is 6.90. The van der Waals surface area contributed by atoms with Crippen molar-refractivity contribution in [2.45, 2.75) is 57.8 Å². The second-order valence-corrected chi connectivity index (χ2v) is 9.48. The van der Waals surface area contributed by atoms with Crippen LogP contribution in [0.2, 0.25) is 0 Å². The molecule has 0 spiro atoms. The normalized spacial score (nSPS) is 17.1. The van der Waals surface area contributed by atoms with Crippen LogP contribution in [0.15, 0.2) is 30.3 Å². The highest BCUT2D eigenvalue weighted by molar-refractivity contribution is 5.86. The lowest BCUT2D eigenvalue weighted by molar-refractivity contribution is 0.0366. The minimum atomic E-state index is 0. The van der Waals surface area contributed by atoms with Crippen LogP contribution in [0.3, 0.4) is 0 Å². The van der Waals surface area contributed by atoms with Crippen molar-refractivity contribution in [1.29, 1.82) is 0 Å². The summed E-state index contributed by atoms with van der Waals surface area (Å²) in [6.45, 7) is 13.9. The molecule has 0 radical (unpaired) electrons. The number of unbranched alkanes of at least 4 members (excludes halogenated alkanes) is 7. The van der Waals surface area contributed by atoms with Gasteiger partial charge in [-0.25, -0.2) is 0 Å². The molecular formula is C27H50Cl3N3O2. The molecule has 1 aromatic carbocycles. The van der Waals surface area contributed by atoms with Gasteiger partial charge >= 0.3 is 0 Å². The number of nitrogens with zero attached hydrogens (tertiary/aromatic N) is 3. The summed E-state index contributed by atoms with van der Waals surface area (Å²) in [7, 11) is 0. The Morgan fingerprint density at radius 3 is 1.51 bits per heavy atom. The van der Waals surface area contributed by atoms with Crippen LogP contribution in [0, 0.1) is 0 Å². The molecule has 0 atom stereocenters. The summed E-state index contributed by atoms with van der Waals surface area (Å²) in [6.07, 6.45) is 12.0. The summed E-state index contributed by atoms with van der Waals surface area (Å²) in [5.74, 6) is 0.997. The fourth-order valence-corrected chi connectivity index (χ4v) is 4.76. The summed E-state index contributed by atoms with van der Waals surface area (Å²) < 4.78 is 11.2. The SMILES string of the molecule is Cl.Cl.Cl.c1ccc(OCCCCCCCCCN2CCN(CCCCN3CCOCC3)CC2)cc1. The van der Waals surface area contributed by atoms with E-state index in [0.717, 1.165) is 38.7 Å². The van der Waals surface area contributed by atoms with E-state index in [1.54, 1.807) is 0 Å². The molecule has 2 aliphatic rings. The lowest BCUT2D eigenvalue weighted by Gasteiger charge is -2.35. The number of benzene rings is 1. The van der Waals surface area contributed by atoms with Gasteiger partial charge in [0, 0.05) is 39.3 Å². The molecule has 2 fully saturated rings. The number of para-hydroxylation sites is 1. The molecule has 0 aromatic heterocycles. The molecular weight excluding hydrogens is 505 g/mol. The van der Waals surface area contributed by atoms with E-state index in [1.807, 2.05) is 30.3 Å². The number of piperazine rings is 1. The maximum absolute atomic E-state index is 5.76. The van der Waals surface area contributed by atoms with E-state index in [0.29, 0.717) is 0 Å². The zero-order valence-electron chi connectivity index (χ0n) is 21.6. The van der Waals surface area contributed by atoms with Crippen LogP contribution in [-0.4, -0.2) is 93.4 Å². The Labute approximate surface area is 233 Å².